The fourth-order valence-corrected chi connectivity index (χ4v) is 1.48. The molecule has 0 saturated heterocycles. The van der Waals surface area contributed by atoms with Crippen molar-refractivity contribution in [3.05, 3.63) is 0 Å². The van der Waals surface area contributed by atoms with Crippen molar-refractivity contribution in [2.24, 2.45) is 0 Å². The van der Waals surface area contributed by atoms with Crippen LogP contribution in [0, 0.1) is 0 Å². The number of carbonyl (C=O) groups excluding carboxylic acids is 1. The normalized spacial score (nSPS) is 11.6. The summed E-state index contributed by atoms with van der Waals surface area (Å²) in [7, 11) is -3.98. The highest BCUT2D eigenvalue weighted by atomic mass is 31.2. The molecule has 0 unspecified atom stereocenters. The van der Waals surface area contributed by atoms with E-state index in [4.69, 9.17) is 28.7 Å². The highest BCUT2D eigenvalue weighted by Crippen LogP contribution is 2.33. The van der Waals surface area contributed by atoms with Crippen LogP contribution in [0.4, 0.5) is 0 Å². The van der Waals surface area contributed by atoms with E-state index in [0.29, 0.717) is 33.0 Å². The van der Waals surface area contributed by atoms with E-state index in [-0.39, 0.29) is 31.8 Å². The highest BCUT2D eigenvalue weighted by Gasteiger charge is 2.11. The molecule has 8 nitrogen and oxygen atoms in total. The Bertz CT molecular complexity index is 290. The van der Waals surface area contributed by atoms with Crippen molar-refractivity contribution < 1.29 is 38.1 Å². The van der Waals surface area contributed by atoms with Gasteiger partial charge in [-0.2, -0.15) is 0 Å². The van der Waals surface area contributed by atoms with Crippen molar-refractivity contribution >= 4 is 13.6 Å². The van der Waals surface area contributed by atoms with Gasteiger partial charge in [-0.3, -0.25) is 9.36 Å². The van der Waals surface area contributed by atoms with E-state index < -0.39 is 7.60 Å². The third kappa shape index (κ3) is 15.6. The predicted octanol–water partition coefficient (Wildman–Crippen LogP) is 0.167. The zero-order valence-corrected chi connectivity index (χ0v) is 12.5. The van der Waals surface area contributed by atoms with Crippen molar-refractivity contribution in [3.8, 4) is 0 Å². The summed E-state index contributed by atoms with van der Waals surface area (Å²) in [5.74, 6) is -0.285. The van der Waals surface area contributed by atoms with E-state index in [2.05, 4.69) is 0 Å². The molecule has 0 heterocycles. The molecule has 0 aromatic rings. The van der Waals surface area contributed by atoms with Gasteiger partial charge in [0.15, 0.2) is 0 Å². The van der Waals surface area contributed by atoms with E-state index in [1.165, 1.54) is 0 Å². The van der Waals surface area contributed by atoms with Gasteiger partial charge in [0.1, 0.15) is 0 Å². The van der Waals surface area contributed by atoms with E-state index in [1.54, 1.807) is 6.92 Å². The second-order valence-corrected chi connectivity index (χ2v) is 5.56. The molecular weight excluding hydrogens is 291 g/mol. The number of carbonyl (C=O) groups is 1. The Morgan fingerprint density at radius 2 is 1.45 bits per heavy atom. The summed E-state index contributed by atoms with van der Waals surface area (Å²) in [6.45, 7) is 3.72. The average Bonchev–Trinajstić information content (AvgIpc) is 2.35. The van der Waals surface area contributed by atoms with Crippen LogP contribution >= 0.6 is 7.60 Å². The maximum absolute atomic E-state index is 10.9. The molecule has 20 heavy (non-hydrogen) atoms. The maximum Gasteiger partial charge on any atom is 0.327 e. The van der Waals surface area contributed by atoms with Gasteiger partial charge in [0, 0.05) is 0 Å². The number of ether oxygens (including phenoxy) is 4. The minimum atomic E-state index is -3.98. The molecule has 0 aromatic heterocycles. The van der Waals surface area contributed by atoms with Crippen LogP contribution in [0.3, 0.4) is 0 Å². The van der Waals surface area contributed by atoms with Gasteiger partial charge in [-0.15, -0.1) is 0 Å². The number of esters is 1. The standard InChI is InChI=1S/C11H23O8P/c1-2-19-11(12)3-4-16-5-6-17-7-8-18-9-10-20(13,14)15/h2-10H2,1H3,(H2,13,14,15). The molecule has 0 bridgehead atoms. The first-order valence-electron chi connectivity index (χ1n) is 6.39. The van der Waals surface area contributed by atoms with Crippen molar-refractivity contribution in [3.63, 3.8) is 0 Å². The summed E-state index contributed by atoms with van der Waals surface area (Å²) in [6.07, 6.45) is -0.0662. The molecule has 9 heteroatoms. The van der Waals surface area contributed by atoms with Crippen LogP contribution in [-0.4, -0.2) is 68.2 Å². The SMILES string of the molecule is CCOC(=O)CCOCCOCCOCCP(=O)(O)O. The molecule has 0 aliphatic heterocycles. The van der Waals surface area contributed by atoms with Gasteiger partial charge in [-0.25, -0.2) is 0 Å². The van der Waals surface area contributed by atoms with E-state index >= 15 is 0 Å². The van der Waals surface area contributed by atoms with Crippen molar-refractivity contribution in [1.29, 1.82) is 0 Å². The Morgan fingerprint density at radius 3 is 1.95 bits per heavy atom. The molecule has 0 spiro atoms. The third-order valence-electron chi connectivity index (χ3n) is 2.03. The smallest absolute Gasteiger partial charge is 0.327 e. The molecule has 0 aromatic carbocycles. The van der Waals surface area contributed by atoms with Crippen molar-refractivity contribution in [2.75, 3.05) is 52.4 Å². The van der Waals surface area contributed by atoms with Gasteiger partial charge < -0.3 is 28.7 Å². The maximum atomic E-state index is 10.9. The predicted molar refractivity (Wildman–Crippen MR) is 70.6 cm³/mol. The quantitative estimate of drug-likeness (QED) is 0.281. The lowest BCUT2D eigenvalue weighted by atomic mass is 10.5. The molecule has 0 rings (SSSR count). The second kappa shape index (κ2) is 12.3. The molecule has 0 radical (unpaired) electrons. The Balaban J connectivity index is 3.14. The average molecular weight is 314 g/mol. The third-order valence-corrected chi connectivity index (χ3v) is 2.79. The molecular formula is C11H23O8P. The van der Waals surface area contributed by atoms with Crippen LogP contribution in [0.2, 0.25) is 0 Å². The molecule has 0 fully saturated rings. The topological polar surface area (TPSA) is 112 Å². The Labute approximate surface area is 118 Å². The van der Waals surface area contributed by atoms with E-state index in [0.717, 1.165) is 0 Å². The first-order valence-corrected chi connectivity index (χ1v) is 8.19. The number of hydrogen-bond donors (Lipinski definition) is 2. The first kappa shape index (κ1) is 19.5. The van der Waals surface area contributed by atoms with Gasteiger partial charge in [-0.1, -0.05) is 0 Å². The Morgan fingerprint density at radius 1 is 0.950 bits per heavy atom. The van der Waals surface area contributed by atoms with Gasteiger partial charge in [0.2, 0.25) is 0 Å². The summed E-state index contributed by atoms with van der Waals surface area (Å²) in [6, 6.07) is 0. The molecule has 120 valence electrons. The van der Waals surface area contributed by atoms with Crippen LogP contribution in [0.5, 0.6) is 0 Å². The van der Waals surface area contributed by atoms with Crippen LogP contribution in [0.15, 0.2) is 0 Å². The zero-order valence-electron chi connectivity index (χ0n) is 11.7. The van der Waals surface area contributed by atoms with Crippen molar-refractivity contribution in [1.82, 2.24) is 0 Å². The summed E-state index contributed by atoms with van der Waals surface area (Å²) >= 11 is 0. The minimum absolute atomic E-state index is 0.00365. The lowest BCUT2D eigenvalue weighted by Gasteiger charge is -2.07. The summed E-state index contributed by atoms with van der Waals surface area (Å²) in [5.41, 5.74) is 0. The van der Waals surface area contributed by atoms with Gasteiger partial charge in [-0.05, 0) is 6.92 Å². The Hall–Kier alpha value is -0.500. The van der Waals surface area contributed by atoms with Gasteiger partial charge >= 0.3 is 13.6 Å². The fourth-order valence-electron chi connectivity index (χ4n) is 1.11. The molecule has 0 atom stereocenters. The molecule has 0 aliphatic rings. The monoisotopic (exact) mass is 314 g/mol. The Kier molecular flexibility index (Phi) is 12.0. The van der Waals surface area contributed by atoms with Crippen LogP contribution < -0.4 is 0 Å². The largest absolute Gasteiger partial charge is 0.466 e. The summed E-state index contributed by atoms with van der Waals surface area (Å²) in [5, 5.41) is 0. The number of rotatable bonds is 13. The van der Waals surface area contributed by atoms with Crippen LogP contribution in [0.25, 0.3) is 0 Å². The van der Waals surface area contributed by atoms with E-state index in [1.807, 2.05) is 0 Å². The fraction of sp³-hybridized carbons (Fsp3) is 0.909. The zero-order chi connectivity index (χ0) is 15.3. The molecule has 0 aliphatic carbocycles. The lowest BCUT2D eigenvalue weighted by molar-refractivity contribution is -0.144. The summed E-state index contributed by atoms with van der Waals surface area (Å²) in [4.78, 5) is 28.1. The van der Waals surface area contributed by atoms with Gasteiger partial charge in [0.25, 0.3) is 0 Å². The minimum Gasteiger partial charge on any atom is -0.466 e. The van der Waals surface area contributed by atoms with Crippen LogP contribution in [-0.2, 0) is 28.3 Å². The van der Waals surface area contributed by atoms with E-state index in [9.17, 15) is 9.36 Å². The molecule has 0 amide bonds. The van der Waals surface area contributed by atoms with Gasteiger partial charge in [0.05, 0.1) is 58.8 Å². The number of hydrogen-bond acceptors (Lipinski definition) is 6. The molecule has 0 saturated carbocycles. The first-order chi connectivity index (χ1) is 9.45. The summed E-state index contributed by atoms with van der Waals surface area (Å²) < 4.78 is 30.5. The van der Waals surface area contributed by atoms with Crippen molar-refractivity contribution in [2.45, 2.75) is 13.3 Å². The molecule has 2 N–H and O–H groups in total. The van der Waals surface area contributed by atoms with Crippen LogP contribution in [0.1, 0.15) is 13.3 Å². The lowest BCUT2D eigenvalue weighted by Crippen LogP contribution is -2.13. The highest BCUT2D eigenvalue weighted by molar-refractivity contribution is 7.51. The second-order valence-electron chi connectivity index (χ2n) is 3.78.